The molecule has 0 saturated carbocycles. The molecule has 2 nitrogen and oxygen atoms in total. The number of hydrogen-bond donors (Lipinski definition) is 0. The molecule has 0 N–H and O–H groups in total. The van der Waals surface area contributed by atoms with Gasteiger partial charge in [0.05, 0.1) is 3.57 Å². The maximum Gasteiger partial charge on any atom is 0.147 e. The largest absolute Gasteiger partial charge is 0.220 e. The highest BCUT2D eigenvalue weighted by Crippen LogP contribution is 2.23. The van der Waals surface area contributed by atoms with Gasteiger partial charge in [-0.05, 0) is 53.1 Å². The highest BCUT2D eigenvalue weighted by atomic mass is 127. The second-order valence-corrected chi connectivity index (χ2v) is 5.93. The number of benzene rings is 1. The number of hydrogen-bond acceptors (Lipinski definition) is 2. The highest BCUT2D eigenvalue weighted by Gasteiger charge is 2.09. The van der Waals surface area contributed by atoms with E-state index in [9.17, 15) is 0 Å². The van der Waals surface area contributed by atoms with Gasteiger partial charge in [-0.15, -0.1) is 0 Å². The van der Waals surface area contributed by atoms with Crippen LogP contribution in [-0.4, -0.2) is 9.97 Å². The zero-order chi connectivity index (χ0) is 13.3. The van der Waals surface area contributed by atoms with E-state index in [1.807, 2.05) is 22.6 Å². The summed E-state index contributed by atoms with van der Waals surface area (Å²) in [5, 5.41) is 0.823. The molecule has 1 aromatic heterocycles. The van der Waals surface area contributed by atoms with Crippen LogP contribution in [0.5, 0.6) is 0 Å². The summed E-state index contributed by atoms with van der Waals surface area (Å²) >= 11 is 14.0. The van der Waals surface area contributed by atoms with Crippen LogP contribution >= 0.6 is 45.8 Å². The fourth-order valence-electron chi connectivity index (χ4n) is 1.61. The minimum Gasteiger partial charge on any atom is -0.220 e. The quantitative estimate of drug-likeness (QED) is 0.551. The maximum atomic E-state index is 6.00. The number of nitrogens with zero attached hydrogens (tertiary/aromatic N) is 2. The second kappa shape index (κ2) is 5.72. The molecule has 0 fully saturated rings. The van der Waals surface area contributed by atoms with E-state index in [1.54, 1.807) is 0 Å². The number of aromatic nitrogens is 2. The van der Waals surface area contributed by atoms with Crippen LogP contribution in [0.4, 0.5) is 0 Å². The van der Waals surface area contributed by atoms with Crippen molar-refractivity contribution in [2.24, 2.45) is 0 Å². The fraction of sp³-hybridized carbons (Fsp3) is 0.231. The third kappa shape index (κ3) is 3.13. The van der Waals surface area contributed by atoms with E-state index in [1.165, 1.54) is 11.1 Å². The van der Waals surface area contributed by atoms with Crippen LogP contribution in [0.1, 0.15) is 22.5 Å². The Bertz CT molecular complexity index is 577. The smallest absolute Gasteiger partial charge is 0.147 e. The molecule has 1 aromatic carbocycles. The van der Waals surface area contributed by atoms with Gasteiger partial charge >= 0.3 is 0 Å². The van der Waals surface area contributed by atoms with Crippen molar-refractivity contribution in [1.29, 1.82) is 0 Å². The van der Waals surface area contributed by atoms with Crippen LogP contribution in [0.2, 0.25) is 10.3 Å². The molecule has 0 aliphatic carbocycles. The first-order chi connectivity index (χ1) is 8.47. The molecule has 5 heteroatoms. The van der Waals surface area contributed by atoms with Crippen LogP contribution < -0.4 is 0 Å². The molecule has 0 amide bonds. The highest BCUT2D eigenvalue weighted by molar-refractivity contribution is 14.1. The van der Waals surface area contributed by atoms with Crippen molar-refractivity contribution in [2.75, 3.05) is 0 Å². The Labute approximate surface area is 130 Å². The Morgan fingerprint density at radius 3 is 2.22 bits per heavy atom. The van der Waals surface area contributed by atoms with Gasteiger partial charge in [-0.25, -0.2) is 9.97 Å². The lowest BCUT2D eigenvalue weighted by Crippen LogP contribution is -2.00. The van der Waals surface area contributed by atoms with Crippen molar-refractivity contribution >= 4 is 45.8 Å². The Hall–Kier alpha value is -0.390. The summed E-state index contributed by atoms with van der Waals surface area (Å²) in [6.45, 7) is 4.18. The minimum atomic E-state index is 0.412. The SMILES string of the molecule is Cc1ccc(Cc2nc(Cl)c(I)c(Cl)n2)cc1C. The summed E-state index contributed by atoms with van der Waals surface area (Å²) in [5.41, 5.74) is 3.69. The average Bonchev–Trinajstić information content (AvgIpc) is 2.31. The molecular formula is C13H11Cl2IN2. The zero-order valence-electron chi connectivity index (χ0n) is 9.97. The molecule has 0 aliphatic heterocycles. The lowest BCUT2D eigenvalue weighted by molar-refractivity contribution is 0.959. The summed E-state index contributed by atoms with van der Waals surface area (Å²) in [4.78, 5) is 8.49. The predicted molar refractivity (Wildman–Crippen MR) is 83.5 cm³/mol. The first-order valence-electron chi connectivity index (χ1n) is 5.41. The number of halogens is 3. The van der Waals surface area contributed by atoms with Gasteiger partial charge in [0.15, 0.2) is 0 Å². The fourth-order valence-corrected chi connectivity index (χ4v) is 2.27. The van der Waals surface area contributed by atoms with Crippen molar-refractivity contribution in [3.05, 3.63) is 54.6 Å². The van der Waals surface area contributed by atoms with Gasteiger partial charge in [0.2, 0.25) is 0 Å². The summed E-state index contributed by atoms with van der Waals surface area (Å²) < 4.78 is 0.694. The molecule has 0 spiro atoms. The van der Waals surface area contributed by atoms with Crippen LogP contribution in [0, 0.1) is 17.4 Å². The Balaban J connectivity index is 2.31. The van der Waals surface area contributed by atoms with E-state index < -0.39 is 0 Å². The lowest BCUT2D eigenvalue weighted by atomic mass is 10.0. The Morgan fingerprint density at radius 1 is 1.06 bits per heavy atom. The van der Waals surface area contributed by atoms with E-state index in [0.717, 1.165) is 5.56 Å². The standard InChI is InChI=1S/C13H11Cl2IN2/c1-7-3-4-9(5-8(7)2)6-10-17-12(14)11(16)13(15)18-10/h3-5H,6H2,1-2H3. The first kappa shape index (κ1) is 14.0. The van der Waals surface area contributed by atoms with E-state index in [0.29, 0.717) is 26.1 Å². The molecule has 18 heavy (non-hydrogen) atoms. The molecule has 2 aromatic rings. The topological polar surface area (TPSA) is 25.8 Å². The summed E-state index contributed by atoms with van der Waals surface area (Å²) in [7, 11) is 0. The molecule has 94 valence electrons. The molecular weight excluding hydrogens is 382 g/mol. The van der Waals surface area contributed by atoms with Crippen LogP contribution in [-0.2, 0) is 6.42 Å². The van der Waals surface area contributed by atoms with Crippen molar-refractivity contribution in [3.63, 3.8) is 0 Å². The van der Waals surface area contributed by atoms with Crippen molar-refractivity contribution in [2.45, 2.75) is 20.3 Å². The number of rotatable bonds is 2. The maximum absolute atomic E-state index is 6.00. The lowest BCUT2D eigenvalue weighted by Gasteiger charge is -2.06. The summed E-state index contributed by atoms with van der Waals surface area (Å²) in [5.74, 6) is 0.647. The van der Waals surface area contributed by atoms with Gasteiger partial charge in [0.1, 0.15) is 16.1 Å². The van der Waals surface area contributed by atoms with Crippen LogP contribution in [0.15, 0.2) is 18.2 Å². The van der Waals surface area contributed by atoms with Gasteiger partial charge < -0.3 is 0 Å². The zero-order valence-corrected chi connectivity index (χ0v) is 13.6. The molecule has 2 rings (SSSR count). The van der Waals surface area contributed by atoms with E-state index in [4.69, 9.17) is 23.2 Å². The summed E-state index contributed by atoms with van der Waals surface area (Å²) in [6.07, 6.45) is 0.636. The summed E-state index contributed by atoms with van der Waals surface area (Å²) in [6, 6.07) is 6.31. The first-order valence-corrected chi connectivity index (χ1v) is 7.24. The van der Waals surface area contributed by atoms with Crippen LogP contribution in [0.25, 0.3) is 0 Å². The van der Waals surface area contributed by atoms with Crippen molar-refractivity contribution in [3.8, 4) is 0 Å². The van der Waals surface area contributed by atoms with Crippen molar-refractivity contribution in [1.82, 2.24) is 9.97 Å². The van der Waals surface area contributed by atoms with Gasteiger partial charge in [0, 0.05) is 6.42 Å². The normalized spacial score (nSPS) is 10.7. The minimum absolute atomic E-state index is 0.412. The molecule has 0 unspecified atom stereocenters. The van der Waals surface area contributed by atoms with Crippen molar-refractivity contribution < 1.29 is 0 Å². The predicted octanol–water partition coefficient (Wildman–Crippen LogP) is 4.60. The molecule has 0 atom stereocenters. The average molecular weight is 393 g/mol. The Kier molecular flexibility index (Phi) is 4.45. The van der Waals surface area contributed by atoms with Gasteiger partial charge in [-0.3, -0.25) is 0 Å². The van der Waals surface area contributed by atoms with Gasteiger partial charge in [0.25, 0.3) is 0 Å². The second-order valence-electron chi connectivity index (χ2n) is 4.13. The van der Waals surface area contributed by atoms with Gasteiger partial charge in [-0.2, -0.15) is 0 Å². The Morgan fingerprint density at radius 2 is 1.67 bits per heavy atom. The molecule has 1 heterocycles. The van der Waals surface area contributed by atoms with Crippen LogP contribution in [0.3, 0.4) is 0 Å². The van der Waals surface area contributed by atoms with Gasteiger partial charge in [-0.1, -0.05) is 41.4 Å². The monoisotopic (exact) mass is 392 g/mol. The van der Waals surface area contributed by atoms with E-state index >= 15 is 0 Å². The molecule has 0 aliphatic rings. The number of aryl methyl sites for hydroxylation is 2. The molecule has 0 radical (unpaired) electrons. The third-order valence-corrected chi connectivity index (χ3v) is 4.96. The molecule has 0 bridgehead atoms. The third-order valence-electron chi connectivity index (χ3n) is 2.75. The van der Waals surface area contributed by atoms with E-state index in [2.05, 4.69) is 42.0 Å². The van der Waals surface area contributed by atoms with E-state index in [-0.39, 0.29) is 0 Å². The molecule has 0 saturated heterocycles.